The molecule has 1 heterocycles. The quantitative estimate of drug-likeness (QED) is 0.338. The number of hydrogen-bond acceptors (Lipinski definition) is 5. The molecule has 1 aliphatic carbocycles. The van der Waals surface area contributed by atoms with Gasteiger partial charge in [-0.25, -0.2) is 0 Å². The molecule has 1 aromatic heterocycles. The van der Waals surface area contributed by atoms with Crippen molar-refractivity contribution in [3.05, 3.63) is 83.6 Å². The van der Waals surface area contributed by atoms with E-state index in [1.54, 1.807) is 20.4 Å². The Hall–Kier alpha value is -4.39. The van der Waals surface area contributed by atoms with Crippen LogP contribution >= 0.6 is 0 Å². The van der Waals surface area contributed by atoms with Gasteiger partial charge in [0.25, 0.3) is 11.8 Å². The fourth-order valence-corrected chi connectivity index (χ4v) is 4.30. The second-order valence-electron chi connectivity index (χ2n) is 8.96. The van der Waals surface area contributed by atoms with Gasteiger partial charge in [-0.3, -0.25) is 14.6 Å². The molecule has 4 aromatic rings. The zero-order valence-electron chi connectivity index (χ0n) is 20.5. The van der Waals surface area contributed by atoms with Gasteiger partial charge >= 0.3 is 0 Å². The number of nitrogens with one attached hydrogen (secondary N) is 3. The van der Waals surface area contributed by atoms with E-state index in [1.807, 2.05) is 67.6 Å². The number of rotatable bonds is 7. The van der Waals surface area contributed by atoms with Crippen molar-refractivity contribution in [1.82, 2.24) is 15.6 Å². The summed E-state index contributed by atoms with van der Waals surface area (Å²) in [6.07, 6.45) is 3.62. The van der Waals surface area contributed by atoms with Gasteiger partial charge in [0.05, 0.1) is 23.9 Å². The van der Waals surface area contributed by atoms with Crippen LogP contribution in [0.25, 0.3) is 22.0 Å². The first kappa shape index (κ1) is 23.4. The van der Waals surface area contributed by atoms with Crippen molar-refractivity contribution in [2.45, 2.75) is 25.8 Å². The molecule has 7 nitrogen and oxygen atoms in total. The highest BCUT2D eigenvalue weighted by molar-refractivity contribution is 6.09. The van der Waals surface area contributed by atoms with Gasteiger partial charge in [0.2, 0.25) is 0 Å². The smallest absolute Gasteiger partial charge is 0.255 e. The van der Waals surface area contributed by atoms with E-state index in [2.05, 4.69) is 20.9 Å². The molecule has 3 N–H and O–H groups in total. The number of fused-ring (bicyclic) bond motifs is 1. The summed E-state index contributed by atoms with van der Waals surface area (Å²) in [5.74, 6) is 0.380. The normalized spacial score (nSPS) is 12.8. The summed E-state index contributed by atoms with van der Waals surface area (Å²) in [7, 11) is 3.24. The van der Waals surface area contributed by atoms with Crippen molar-refractivity contribution in [1.29, 1.82) is 0 Å². The Kier molecular flexibility index (Phi) is 6.29. The summed E-state index contributed by atoms with van der Waals surface area (Å²) >= 11 is 0. The number of carbonyl (C=O) groups excluding carboxylic acids is 2. The molecule has 0 bridgehead atoms. The lowest BCUT2D eigenvalue weighted by atomic mass is 9.96. The van der Waals surface area contributed by atoms with Gasteiger partial charge in [0, 0.05) is 47.6 Å². The van der Waals surface area contributed by atoms with Crippen molar-refractivity contribution in [3.63, 3.8) is 0 Å². The van der Waals surface area contributed by atoms with E-state index < -0.39 is 0 Å². The van der Waals surface area contributed by atoms with Crippen LogP contribution in [0.5, 0.6) is 5.75 Å². The molecule has 1 aliphatic rings. The van der Waals surface area contributed by atoms with Crippen LogP contribution in [-0.2, 0) is 0 Å². The fraction of sp³-hybridized carbons (Fsp3) is 0.207. The number of methoxy groups -OCH3 is 1. The number of ether oxygens (including phenoxy) is 1. The predicted octanol–water partition coefficient (Wildman–Crippen LogP) is 5.21. The number of aryl methyl sites for hydroxylation is 1. The van der Waals surface area contributed by atoms with E-state index in [0.717, 1.165) is 40.6 Å². The first-order valence-electron chi connectivity index (χ1n) is 11.9. The minimum atomic E-state index is -0.145. The number of aromatic nitrogens is 1. The lowest BCUT2D eigenvalue weighted by molar-refractivity contribution is 0.0947. The number of pyridine rings is 1. The first-order chi connectivity index (χ1) is 17.5. The summed E-state index contributed by atoms with van der Waals surface area (Å²) in [5, 5.41) is 10.0. The Morgan fingerprint density at radius 1 is 0.972 bits per heavy atom. The minimum Gasteiger partial charge on any atom is -0.496 e. The average Bonchev–Trinajstić information content (AvgIpc) is 3.72. The maximum atomic E-state index is 13.1. The van der Waals surface area contributed by atoms with E-state index in [-0.39, 0.29) is 17.9 Å². The molecule has 182 valence electrons. The molecule has 0 radical (unpaired) electrons. The van der Waals surface area contributed by atoms with Crippen molar-refractivity contribution in [3.8, 4) is 16.9 Å². The van der Waals surface area contributed by atoms with Crippen LogP contribution in [0.4, 0.5) is 11.4 Å². The number of para-hydroxylation sites is 1. The summed E-state index contributed by atoms with van der Waals surface area (Å²) in [5.41, 5.74) is 5.96. The molecular formula is C29H28N4O3. The SMILES string of the molecule is CNC(=O)c1ccc(-c2cc3c(Nc4ccccc4)c(C(=O)NC4CC4)cnc3cc2OC)cc1C. The van der Waals surface area contributed by atoms with Crippen molar-refractivity contribution >= 4 is 34.1 Å². The monoisotopic (exact) mass is 480 g/mol. The molecule has 0 atom stereocenters. The molecule has 36 heavy (non-hydrogen) atoms. The first-order valence-corrected chi connectivity index (χ1v) is 11.9. The molecular weight excluding hydrogens is 452 g/mol. The minimum absolute atomic E-state index is 0.130. The van der Waals surface area contributed by atoms with Gasteiger partial charge in [-0.15, -0.1) is 0 Å². The zero-order chi connectivity index (χ0) is 25.2. The number of anilines is 2. The van der Waals surface area contributed by atoms with Crippen LogP contribution < -0.4 is 20.7 Å². The fourth-order valence-electron chi connectivity index (χ4n) is 4.30. The van der Waals surface area contributed by atoms with E-state index in [1.165, 1.54) is 0 Å². The van der Waals surface area contributed by atoms with Gasteiger partial charge in [0.1, 0.15) is 5.75 Å². The highest BCUT2D eigenvalue weighted by Gasteiger charge is 2.26. The molecule has 2 amide bonds. The van der Waals surface area contributed by atoms with Crippen LogP contribution in [0, 0.1) is 6.92 Å². The summed E-state index contributed by atoms with van der Waals surface area (Å²) in [6.45, 7) is 1.91. The molecule has 5 rings (SSSR count). The molecule has 0 unspecified atom stereocenters. The van der Waals surface area contributed by atoms with Crippen molar-refractivity contribution < 1.29 is 14.3 Å². The summed E-state index contributed by atoms with van der Waals surface area (Å²) < 4.78 is 5.72. The molecule has 1 fully saturated rings. The van der Waals surface area contributed by atoms with Gasteiger partial charge < -0.3 is 20.7 Å². The number of nitrogens with zero attached hydrogens (tertiary/aromatic N) is 1. The molecule has 7 heteroatoms. The van der Waals surface area contributed by atoms with Gasteiger partial charge in [-0.1, -0.05) is 30.3 Å². The number of benzene rings is 3. The van der Waals surface area contributed by atoms with Crippen molar-refractivity contribution in [2.24, 2.45) is 0 Å². The highest BCUT2D eigenvalue weighted by Crippen LogP contribution is 2.39. The van der Waals surface area contributed by atoms with Crippen LogP contribution in [0.2, 0.25) is 0 Å². The third-order valence-corrected chi connectivity index (χ3v) is 6.40. The van der Waals surface area contributed by atoms with Crippen molar-refractivity contribution in [2.75, 3.05) is 19.5 Å². The number of amides is 2. The van der Waals surface area contributed by atoms with E-state index >= 15 is 0 Å². The molecule has 3 aromatic carbocycles. The average molecular weight is 481 g/mol. The van der Waals surface area contributed by atoms with Crippen LogP contribution in [0.3, 0.4) is 0 Å². The van der Waals surface area contributed by atoms with Gasteiger partial charge in [-0.2, -0.15) is 0 Å². The maximum absolute atomic E-state index is 13.1. The Morgan fingerprint density at radius 2 is 1.75 bits per heavy atom. The van der Waals surface area contributed by atoms with Crippen LogP contribution in [-0.4, -0.2) is 37.0 Å². The second kappa shape index (κ2) is 9.70. The maximum Gasteiger partial charge on any atom is 0.255 e. The third kappa shape index (κ3) is 4.60. The van der Waals surface area contributed by atoms with Crippen LogP contribution in [0.15, 0.2) is 66.9 Å². The Morgan fingerprint density at radius 3 is 2.42 bits per heavy atom. The topological polar surface area (TPSA) is 92.4 Å². The standard InChI is InChI=1S/C29H28N4O3/c1-17-13-18(9-12-21(17)28(34)30-2)22-14-23-25(15-26(22)36-3)31-16-24(29(35)33-20-10-11-20)27(23)32-19-7-5-4-6-8-19/h4-9,12-16,20H,10-11H2,1-3H3,(H,30,34)(H,31,32)(H,33,35). The van der Waals surface area contributed by atoms with E-state index in [9.17, 15) is 9.59 Å². The van der Waals surface area contributed by atoms with Crippen LogP contribution in [0.1, 0.15) is 39.1 Å². The molecule has 0 saturated heterocycles. The van der Waals surface area contributed by atoms with Gasteiger partial charge in [0.15, 0.2) is 0 Å². The highest BCUT2D eigenvalue weighted by atomic mass is 16.5. The molecule has 1 saturated carbocycles. The zero-order valence-corrected chi connectivity index (χ0v) is 20.5. The third-order valence-electron chi connectivity index (χ3n) is 6.40. The number of carbonyl (C=O) groups is 2. The number of hydrogen-bond donors (Lipinski definition) is 3. The summed E-state index contributed by atoms with van der Waals surface area (Å²) in [4.78, 5) is 29.9. The largest absolute Gasteiger partial charge is 0.496 e. The van der Waals surface area contributed by atoms with E-state index in [0.29, 0.717) is 28.1 Å². The lowest BCUT2D eigenvalue weighted by Crippen LogP contribution is -2.26. The molecule has 0 aliphatic heterocycles. The Labute approximate surface area is 209 Å². The predicted molar refractivity (Wildman–Crippen MR) is 142 cm³/mol. The van der Waals surface area contributed by atoms with Gasteiger partial charge in [-0.05, 0) is 55.2 Å². The Bertz CT molecular complexity index is 1460. The summed E-state index contributed by atoms with van der Waals surface area (Å²) in [6, 6.07) is 19.5. The second-order valence-corrected chi connectivity index (χ2v) is 8.96. The lowest BCUT2D eigenvalue weighted by Gasteiger charge is -2.17. The van der Waals surface area contributed by atoms with E-state index in [4.69, 9.17) is 4.74 Å². The Balaban J connectivity index is 1.68. The molecule has 0 spiro atoms.